The van der Waals surface area contributed by atoms with E-state index in [1.165, 1.54) is 0 Å². The smallest absolute Gasteiger partial charge is 0.303 e. The van der Waals surface area contributed by atoms with Gasteiger partial charge in [-0.2, -0.15) is 0 Å². The molecule has 0 spiro atoms. The van der Waals surface area contributed by atoms with Crippen LogP contribution in [0.1, 0.15) is 57.8 Å². The maximum atomic E-state index is 10.4. The molecule has 1 aliphatic rings. The number of hydrogen-bond donors (Lipinski definition) is 2. The summed E-state index contributed by atoms with van der Waals surface area (Å²) in [7, 11) is 0. The summed E-state index contributed by atoms with van der Waals surface area (Å²) in [5.41, 5.74) is 0. The number of carboxylic acids is 2. The highest BCUT2D eigenvalue weighted by atomic mass is 16.4. The van der Waals surface area contributed by atoms with Crippen molar-refractivity contribution in [2.24, 2.45) is 11.8 Å². The van der Waals surface area contributed by atoms with Crippen LogP contribution in [0, 0.1) is 18.3 Å². The molecule has 1 radical (unpaired) electrons. The Morgan fingerprint density at radius 3 is 2.28 bits per heavy atom. The first-order valence-corrected chi connectivity index (χ1v) is 6.85. The average molecular weight is 255 g/mol. The maximum Gasteiger partial charge on any atom is 0.303 e. The molecule has 1 fully saturated rings. The monoisotopic (exact) mass is 255 g/mol. The maximum absolute atomic E-state index is 10.4. The van der Waals surface area contributed by atoms with E-state index in [9.17, 15) is 9.59 Å². The summed E-state index contributed by atoms with van der Waals surface area (Å²) in [5, 5.41) is 17.2. The Bertz CT molecular complexity index is 249. The zero-order valence-corrected chi connectivity index (χ0v) is 10.8. The van der Waals surface area contributed by atoms with Crippen LogP contribution in [0.25, 0.3) is 0 Å². The van der Waals surface area contributed by atoms with Crippen molar-refractivity contribution in [3.63, 3.8) is 0 Å². The predicted octanol–water partition coefficient (Wildman–Crippen LogP) is 3.12. The molecule has 1 saturated carbocycles. The molecule has 1 rings (SSSR count). The van der Waals surface area contributed by atoms with Crippen LogP contribution in [0.3, 0.4) is 0 Å². The Morgan fingerprint density at radius 2 is 1.67 bits per heavy atom. The molecule has 2 atom stereocenters. The number of carboxylic acid groups (broad SMARTS) is 2. The van der Waals surface area contributed by atoms with Gasteiger partial charge in [-0.3, -0.25) is 9.59 Å². The summed E-state index contributed by atoms with van der Waals surface area (Å²) in [4.78, 5) is 20.9. The summed E-state index contributed by atoms with van der Waals surface area (Å²) in [6.07, 6.45) is 9.68. The van der Waals surface area contributed by atoms with Crippen molar-refractivity contribution < 1.29 is 19.8 Å². The highest BCUT2D eigenvalue weighted by Gasteiger charge is 2.21. The van der Waals surface area contributed by atoms with Gasteiger partial charge < -0.3 is 10.2 Å². The minimum atomic E-state index is -0.719. The number of aliphatic carboxylic acids is 2. The van der Waals surface area contributed by atoms with Gasteiger partial charge in [-0.15, -0.1) is 0 Å². The van der Waals surface area contributed by atoms with E-state index < -0.39 is 11.9 Å². The number of rotatable bonds is 8. The van der Waals surface area contributed by atoms with Gasteiger partial charge in [0.15, 0.2) is 0 Å². The lowest BCUT2D eigenvalue weighted by atomic mass is 9.77. The van der Waals surface area contributed by atoms with Gasteiger partial charge in [0.2, 0.25) is 0 Å². The Hall–Kier alpha value is -1.06. The fraction of sp³-hybridized carbons (Fsp3) is 0.786. The minimum Gasteiger partial charge on any atom is -0.481 e. The van der Waals surface area contributed by atoms with Crippen LogP contribution in [-0.2, 0) is 9.59 Å². The first-order chi connectivity index (χ1) is 8.58. The van der Waals surface area contributed by atoms with Crippen molar-refractivity contribution in [1.82, 2.24) is 0 Å². The molecule has 18 heavy (non-hydrogen) atoms. The van der Waals surface area contributed by atoms with Gasteiger partial charge in [0.1, 0.15) is 0 Å². The fourth-order valence-corrected chi connectivity index (χ4v) is 2.77. The largest absolute Gasteiger partial charge is 0.481 e. The van der Waals surface area contributed by atoms with Crippen LogP contribution < -0.4 is 0 Å². The predicted molar refractivity (Wildman–Crippen MR) is 68.1 cm³/mol. The third-order valence-corrected chi connectivity index (χ3v) is 3.68. The number of hydrogen-bond acceptors (Lipinski definition) is 2. The van der Waals surface area contributed by atoms with Gasteiger partial charge in [0.25, 0.3) is 0 Å². The lowest BCUT2D eigenvalue weighted by Crippen LogP contribution is -2.17. The van der Waals surface area contributed by atoms with Crippen LogP contribution in [0.4, 0.5) is 0 Å². The highest BCUT2D eigenvalue weighted by Crippen LogP contribution is 2.34. The standard InChI is InChI=1S/C14H23O4/c15-13(16)8-2-6-11-4-1-5-12(10-11)7-3-9-14(17)18/h4,11-12H,1-3,5-10H2,(H,15,16)(H,17,18). The van der Waals surface area contributed by atoms with Crippen molar-refractivity contribution in [2.75, 3.05) is 0 Å². The number of carbonyl (C=O) groups is 2. The van der Waals surface area contributed by atoms with Crippen molar-refractivity contribution in [2.45, 2.75) is 57.8 Å². The van der Waals surface area contributed by atoms with E-state index in [0.717, 1.165) is 44.9 Å². The highest BCUT2D eigenvalue weighted by molar-refractivity contribution is 5.66. The van der Waals surface area contributed by atoms with Gasteiger partial charge in [-0.25, -0.2) is 0 Å². The Kier molecular flexibility index (Phi) is 6.76. The Labute approximate surface area is 108 Å². The molecule has 103 valence electrons. The Balaban J connectivity index is 2.15. The van der Waals surface area contributed by atoms with Crippen LogP contribution in [0.2, 0.25) is 0 Å². The molecule has 0 saturated heterocycles. The van der Waals surface area contributed by atoms with Crippen LogP contribution in [0.5, 0.6) is 0 Å². The second-order valence-corrected chi connectivity index (χ2v) is 5.25. The molecule has 1 aliphatic carbocycles. The molecule has 2 N–H and O–H groups in total. The molecule has 0 aliphatic heterocycles. The molecule has 0 heterocycles. The topological polar surface area (TPSA) is 74.6 Å². The minimum absolute atomic E-state index is 0.258. The van der Waals surface area contributed by atoms with Crippen molar-refractivity contribution >= 4 is 11.9 Å². The SMILES string of the molecule is O=C(O)CCCC1[CH]CCC(CCCC(=O)O)C1. The van der Waals surface area contributed by atoms with E-state index in [0.29, 0.717) is 11.8 Å². The van der Waals surface area contributed by atoms with Crippen molar-refractivity contribution in [3.8, 4) is 0 Å². The van der Waals surface area contributed by atoms with Gasteiger partial charge in [-0.1, -0.05) is 6.42 Å². The summed E-state index contributed by atoms with van der Waals surface area (Å²) in [6, 6.07) is 0. The summed E-state index contributed by atoms with van der Waals surface area (Å²) >= 11 is 0. The van der Waals surface area contributed by atoms with E-state index in [2.05, 4.69) is 6.42 Å². The third kappa shape index (κ3) is 6.62. The second-order valence-electron chi connectivity index (χ2n) is 5.25. The molecule has 4 heteroatoms. The van der Waals surface area contributed by atoms with E-state index in [-0.39, 0.29) is 12.8 Å². The zero-order valence-electron chi connectivity index (χ0n) is 10.8. The Morgan fingerprint density at radius 1 is 1.06 bits per heavy atom. The molecule has 0 bridgehead atoms. The third-order valence-electron chi connectivity index (χ3n) is 3.68. The van der Waals surface area contributed by atoms with E-state index in [4.69, 9.17) is 10.2 Å². The first-order valence-electron chi connectivity index (χ1n) is 6.85. The summed E-state index contributed by atoms with van der Waals surface area (Å²) in [5.74, 6) is -0.267. The lowest BCUT2D eigenvalue weighted by Gasteiger charge is -2.28. The fourth-order valence-electron chi connectivity index (χ4n) is 2.77. The molecule has 4 nitrogen and oxygen atoms in total. The van der Waals surface area contributed by atoms with Gasteiger partial charge in [0, 0.05) is 12.8 Å². The lowest BCUT2D eigenvalue weighted by molar-refractivity contribution is -0.138. The van der Waals surface area contributed by atoms with Crippen LogP contribution in [-0.4, -0.2) is 22.2 Å². The first kappa shape index (κ1) is 15.0. The quantitative estimate of drug-likeness (QED) is 0.698. The van der Waals surface area contributed by atoms with Crippen molar-refractivity contribution in [1.29, 1.82) is 0 Å². The van der Waals surface area contributed by atoms with Crippen LogP contribution >= 0.6 is 0 Å². The van der Waals surface area contributed by atoms with Gasteiger partial charge in [-0.05, 0) is 56.8 Å². The normalized spacial score (nSPS) is 23.8. The van der Waals surface area contributed by atoms with Crippen LogP contribution in [0.15, 0.2) is 0 Å². The average Bonchev–Trinajstić information content (AvgIpc) is 2.28. The van der Waals surface area contributed by atoms with E-state index >= 15 is 0 Å². The summed E-state index contributed by atoms with van der Waals surface area (Å²) < 4.78 is 0. The molecule has 0 aromatic carbocycles. The molecular formula is C14H23O4. The molecule has 2 unspecified atom stereocenters. The van der Waals surface area contributed by atoms with Gasteiger partial charge in [0.05, 0.1) is 0 Å². The van der Waals surface area contributed by atoms with Gasteiger partial charge >= 0.3 is 11.9 Å². The van der Waals surface area contributed by atoms with E-state index in [1.54, 1.807) is 0 Å². The summed E-state index contributed by atoms with van der Waals surface area (Å²) in [6.45, 7) is 0. The molecule has 0 aromatic rings. The zero-order chi connectivity index (χ0) is 13.4. The molecule has 0 amide bonds. The molecule has 0 aromatic heterocycles. The van der Waals surface area contributed by atoms with E-state index in [1.807, 2.05) is 0 Å². The van der Waals surface area contributed by atoms with Crippen molar-refractivity contribution in [3.05, 3.63) is 6.42 Å². The second kappa shape index (κ2) is 8.11. The molecular weight excluding hydrogens is 232 g/mol.